The molecule has 1 amide bonds. The lowest BCUT2D eigenvalue weighted by Crippen LogP contribution is -2.49. The van der Waals surface area contributed by atoms with E-state index in [0.29, 0.717) is 12.1 Å². The Morgan fingerprint density at radius 2 is 1.75 bits per heavy atom. The molecule has 2 bridgehead atoms. The van der Waals surface area contributed by atoms with Gasteiger partial charge in [0.25, 0.3) is 5.91 Å². The van der Waals surface area contributed by atoms with E-state index in [-0.39, 0.29) is 6.04 Å². The molecule has 2 heterocycles. The summed E-state index contributed by atoms with van der Waals surface area (Å²) in [5.74, 6) is -2.26. The second kappa shape index (κ2) is 5.13. The van der Waals surface area contributed by atoms with Gasteiger partial charge in [0.05, 0.1) is 0 Å². The molecule has 1 N–H and O–H groups in total. The molecule has 3 rings (SSSR count). The summed E-state index contributed by atoms with van der Waals surface area (Å²) in [6.45, 7) is 0. The van der Waals surface area contributed by atoms with E-state index in [9.17, 15) is 13.6 Å². The number of piperidine rings is 1. The quantitative estimate of drug-likeness (QED) is 0.901. The normalized spacial score (nSPS) is 29.4. The zero-order valence-electron chi connectivity index (χ0n) is 11.4. The summed E-state index contributed by atoms with van der Waals surface area (Å²) in [5, 5.41) is 2.79. The van der Waals surface area contributed by atoms with E-state index in [1.54, 1.807) is 0 Å². The van der Waals surface area contributed by atoms with Gasteiger partial charge in [0.2, 0.25) is 0 Å². The number of nitrogens with one attached hydrogen (secondary N) is 1. The minimum Gasteiger partial charge on any atom is -0.349 e. The number of benzene rings is 1. The molecular weight excluding hydrogens is 262 g/mol. The lowest BCUT2D eigenvalue weighted by atomic mass is 9.97. The zero-order valence-corrected chi connectivity index (χ0v) is 11.4. The van der Waals surface area contributed by atoms with Gasteiger partial charge in [-0.05, 0) is 44.9 Å². The Morgan fingerprint density at radius 3 is 2.30 bits per heavy atom. The van der Waals surface area contributed by atoms with Gasteiger partial charge in [-0.25, -0.2) is 8.78 Å². The first-order valence-corrected chi connectivity index (χ1v) is 7.03. The summed E-state index contributed by atoms with van der Waals surface area (Å²) in [4.78, 5) is 14.4. The predicted molar refractivity (Wildman–Crippen MR) is 71.4 cm³/mol. The van der Waals surface area contributed by atoms with Gasteiger partial charge >= 0.3 is 0 Å². The molecule has 2 aliphatic heterocycles. The summed E-state index contributed by atoms with van der Waals surface area (Å²) < 4.78 is 27.1. The van der Waals surface area contributed by atoms with Crippen molar-refractivity contribution in [3.05, 3.63) is 35.4 Å². The molecule has 3 nitrogen and oxygen atoms in total. The molecule has 0 saturated carbocycles. The molecule has 2 atom stereocenters. The summed E-state index contributed by atoms with van der Waals surface area (Å²) in [6, 6.07) is 4.44. The fourth-order valence-electron chi connectivity index (χ4n) is 3.50. The van der Waals surface area contributed by atoms with Gasteiger partial charge in [-0.15, -0.1) is 0 Å². The van der Waals surface area contributed by atoms with Crippen LogP contribution >= 0.6 is 0 Å². The number of carbonyl (C=O) groups excluding carboxylic acids is 1. The third kappa shape index (κ3) is 2.30. The maximum atomic E-state index is 13.6. The van der Waals surface area contributed by atoms with Gasteiger partial charge in [0, 0.05) is 18.1 Å². The van der Waals surface area contributed by atoms with Crippen LogP contribution in [0.4, 0.5) is 8.78 Å². The molecule has 2 aliphatic rings. The Morgan fingerprint density at radius 1 is 1.20 bits per heavy atom. The van der Waals surface area contributed by atoms with Crippen molar-refractivity contribution in [2.75, 3.05) is 7.05 Å². The fourth-order valence-corrected chi connectivity index (χ4v) is 3.50. The maximum Gasteiger partial charge on any atom is 0.257 e. The third-order valence-electron chi connectivity index (χ3n) is 4.62. The average molecular weight is 280 g/mol. The number of rotatable bonds is 2. The highest BCUT2D eigenvalue weighted by molar-refractivity contribution is 5.94. The van der Waals surface area contributed by atoms with Crippen LogP contribution in [-0.2, 0) is 0 Å². The molecule has 108 valence electrons. The van der Waals surface area contributed by atoms with Crippen molar-refractivity contribution in [3.8, 4) is 0 Å². The topological polar surface area (TPSA) is 32.3 Å². The van der Waals surface area contributed by atoms with Gasteiger partial charge in [-0.3, -0.25) is 4.79 Å². The largest absolute Gasteiger partial charge is 0.349 e. The van der Waals surface area contributed by atoms with E-state index in [1.807, 2.05) is 0 Å². The number of fused-ring (bicyclic) bond motifs is 2. The first kappa shape index (κ1) is 13.5. The Labute approximate surface area is 117 Å². The van der Waals surface area contributed by atoms with Gasteiger partial charge in [-0.1, -0.05) is 6.07 Å². The molecule has 0 aromatic heterocycles. The van der Waals surface area contributed by atoms with Crippen LogP contribution in [0.3, 0.4) is 0 Å². The Hall–Kier alpha value is -1.49. The number of nitrogens with zero attached hydrogens (tertiary/aromatic N) is 1. The molecule has 5 heteroatoms. The van der Waals surface area contributed by atoms with Crippen LogP contribution in [0, 0.1) is 11.6 Å². The predicted octanol–water partition coefficient (Wildman–Crippen LogP) is 2.32. The van der Waals surface area contributed by atoms with Crippen molar-refractivity contribution in [2.45, 2.75) is 43.8 Å². The lowest BCUT2D eigenvalue weighted by molar-refractivity contribution is 0.0874. The van der Waals surface area contributed by atoms with E-state index in [0.717, 1.165) is 37.8 Å². The first-order chi connectivity index (χ1) is 9.56. The van der Waals surface area contributed by atoms with Crippen molar-refractivity contribution in [1.82, 2.24) is 10.2 Å². The lowest BCUT2D eigenvalue weighted by Gasteiger charge is -2.36. The number of hydrogen-bond donors (Lipinski definition) is 1. The standard InChI is InChI=1S/C15H18F2N2O/c1-19-10-5-6-11(19)8-9(7-10)18-15(20)14-12(16)3-2-4-13(14)17/h2-4,9-11H,5-8H2,1H3,(H,18,20)/t10-,11-/m1/s1. The highest BCUT2D eigenvalue weighted by atomic mass is 19.1. The van der Waals surface area contributed by atoms with Gasteiger partial charge in [0.1, 0.15) is 17.2 Å². The van der Waals surface area contributed by atoms with E-state index < -0.39 is 23.1 Å². The summed E-state index contributed by atoms with van der Waals surface area (Å²) in [5.41, 5.74) is -0.473. The van der Waals surface area contributed by atoms with Crippen LogP contribution in [-0.4, -0.2) is 36.0 Å². The fraction of sp³-hybridized carbons (Fsp3) is 0.533. The van der Waals surface area contributed by atoms with Gasteiger partial charge < -0.3 is 10.2 Å². The summed E-state index contributed by atoms with van der Waals surface area (Å²) in [7, 11) is 2.11. The van der Waals surface area contributed by atoms with Crippen LogP contribution in [0.1, 0.15) is 36.0 Å². The van der Waals surface area contributed by atoms with Crippen molar-refractivity contribution in [1.29, 1.82) is 0 Å². The van der Waals surface area contributed by atoms with Gasteiger partial charge in [-0.2, -0.15) is 0 Å². The molecule has 2 saturated heterocycles. The Bertz CT molecular complexity index is 500. The number of hydrogen-bond acceptors (Lipinski definition) is 2. The summed E-state index contributed by atoms with van der Waals surface area (Å²) >= 11 is 0. The van der Waals surface area contributed by atoms with Crippen molar-refractivity contribution in [3.63, 3.8) is 0 Å². The van der Waals surface area contributed by atoms with E-state index in [4.69, 9.17) is 0 Å². The van der Waals surface area contributed by atoms with Crippen LogP contribution in [0.15, 0.2) is 18.2 Å². The number of halogens is 2. The third-order valence-corrected chi connectivity index (χ3v) is 4.62. The molecule has 1 aromatic rings. The Balaban J connectivity index is 1.71. The molecule has 0 aliphatic carbocycles. The average Bonchev–Trinajstić information content (AvgIpc) is 2.62. The van der Waals surface area contributed by atoms with E-state index in [2.05, 4.69) is 17.3 Å². The van der Waals surface area contributed by atoms with Crippen LogP contribution < -0.4 is 5.32 Å². The van der Waals surface area contributed by atoms with Crippen LogP contribution in [0.5, 0.6) is 0 Å². The molecular formula is C15H18F2N2O. The number of amides is 1. The smallest absolute Gasteiger partial charge is 0.257 e. The van der Waals surface area contributed by atoms with Crippen LogP contribution in [0.2, 0.25) is 0 Å². The Kier molecular flexibility index (Phi) is 3.46. The van der Waals surface area contributed by atoms with Gasteiger partial charge in [0.15, 0.2) is 0 Å². The first-order valence-electron chi connectivity index (χ1n) is 7.03. The SMILES string of the molecule is CN1[C@@H]2CC[C@@H]1CC(NC(=O)c1c(F)cccc1F)C2. The molecule has 0 unspecified atom stereocenters. The molecule has 0 radical (unpaired) electrons. The number of carbonyl (C=O) groups is 1. The van der Waals surface area contributed by atoms with E-state index in [1.165, 1.54) is 6.07 Å². The van der Waals surface area contributed by atoms with Crippen molar-refractivity contribution < 1.29 is 13.6 Å². The zero-order chi connectivity index (χ0) is 14.3. The molecule has 20 heavy (non-hydrogen) atoms. The van der Waals surface area contributed by atoms with E-state index >= 15 is 0 Å². The second-order valence-electron chi connectivity index (χ2n) is 5.79. The van der Waals surface area contributed by atoms with Crippen LogP contribution in [0.25, 0.3) is 0 Å². The minimum absolute atomic E-state index is 0.00945. The molecule has 1 aromatic carbocycles. The van der Waals surface area contributed by atoms with Crippen molar-refractivity contribution in [2.24, 2.45) is 0 Å². The minimum atomic E-state index is -0.807. The summed E-state index contributed by atoms with van der Waals surface area (Å²) in [6.07, 6.45) is 3.99. The second-order valence-corrected chi connectivity index (χ2v) is 5.79. The molecule has 0 spiro atoms. The maximum absolute atomic E-state index is 13.6. The monoisotopic (exact) mass is 280 g/mol. The van der Waals surface area contributed by atoms with Crippen molar-refractivity contribution >= 4 is 5.91 Å². The highest BCUT2D eigenvalue weighted by Gasteiger charge is 2.39. The highest BCUT2D eigenvalue weighted by Crippen LogP contribution is 2.34. The molecule has 2 fully saturated rings.